The first kappa shape index (κ1) is 12.7. The number of aromatic nitrogens is 4. The van der Waals surface area contributed by atoms with E-state index in [1.54, 1.807) is 12.4 Å². The van der Waals surface area contributed by atoms with Crippen LogP contribution in [0.5, 0.6) is 0 Å². The number of hydrogen-bond acceptors (Lipinski definition) is 4. The molecule has 5 nitrogen and oxygen atoms in total. The van der Waals surface area contributed by atoms with Crippen molar-refractivity contribution in [3.05, 3.63) is 60.4 Å². The van der Waals surface area contributed by atoms with Gasteiger partial charge in [0, 0.05) is 37.4 Å². The molecule has 3 rings (SSSR count). The van der Waals surface area contributed by atoms with Gasteiger partial charge in [0.25, 0.3) is 0 Å². The summed E-state index contributed by atoms with van der Waals surface area (Å²) in [6, 6.07) is 6.29. The lowest BCUT2D eigenvalue weighted by Gasteiger charge is -2.24. The van der Waals surface area contributed by atoms with Crippen LogP contribution in [0.3, 0.4) is 0 Å². The first-order valence-electron chi connectivity index (χ1n) is 6.63. The highest BCUT2D eigenvalue weighted by molar-refractivity contribution is 5.30. The van der Waals surface area contributed by atoms with Crippen LogP contribution in [0.15, 0.2) is 49.2 Å². The third kappa shape index (κ3) is 2.40. The number of hydrogen-bond donors (Lipinski definition) is 0. The zero-order valence-electron chi connectivity index (χ0n) is 11.6. The van der Waals surface area contributed by atoms with Gasteiger partial charge in [0.2, 0.25) is 5.78 Å². The Kier molecular flexibility index (Phi) is 3.43. The normalized spacial score (nSPS) is 12.9. The summed E-state index contributed by atoms with van der Waals surface area (Å²) in [6.45, 7) is 2.99. The Bertz CT molecular complexity index is 692. The molecule has 5 heteroatoms. The lowest BCUT2D eigenvalue weighted by atomic mass is 10.1. The maximum atomic E-state index is 4.32. The maximum absolute atomic E-state index is 4.32. The lowest BCUT2D eigenvalue weighted by Crippen LogP contribution is -2.22. The number of pyridine rings is 1. The van der Waals surface area contributed by atoms with Crippen molar-refractivity contribution in [3.8, 4) is 0 Å². The number of rotatable bonds is 4. The zero-order chi connectivity index (χ0) is 13.9. The third-order valence-corrected chi connectivity index (χ3v) is 3.60. The molecule has 0 N–H and O–H groups in total. The molecule has 0 fully saturated rings. The molecule has 102 valence electrons. The fourth-order valence-corrected chi connectivity index (χ4v) is 2.26. The molecule has 1 atom stereocenters. The van der Waals surface area contributed by atoms with E-state index in [0.717, 1.165) is 18.0 Å². The summed E-state index contributed by atoms with van der Waals surface area (Å²) in [6.07, 6.45) is 9.35. The Morgan fingerprint density at radius 3 is 2.90 bits per heavy atom. The van der Waals surface area contributed by atoms with Gasteiger partial charge in [-0.3, -0.25) is 14.3 Å². The average molecular weight is 267 g/mol. The Morgan fingerprint density at radius 1 is 1.20 bits per heavy atom. The molecule has 20 heavy (non-hydrogen) atoms. The van der Waals surface area contributed by atoms with Gasteiger partial charge in [-0.1, -0.05) is 6.07 Å². The van der Waals surface area contributed by atoms with Gasteiger partial charge in [-0.2, -0.15) is 0 Å². The van der Waals surface area contributed by atoms with Crippen molar-refractivity contribution >= 4 is 5.78 Å². The van der Waals surface area contributed by atoms with Gasteiger partial charge in [-0.25, -0.2) is 9.97 Å². The van der Waals surface area contributed by atoms with E-state index in [9.17, 15) is 0 Å². The van der Waals surface area contributed by atoms with Crippen LogP contribution in [0.2, 0.25) is 0 Å². The summed E-state index contributed by atoms with van der Waals surface area (Å²) in [5, 5.41) is 0. The Balaban J connectivity index is 1.80. The fraction of sp³-hybridized carbons (Fsp3) is 0.267. The molecule has 0 radical (unpaired) electrons. The van der Waals surface area contributed by atoms with Crippen molar-refractivity contribution in [3.63, 3.8) is 0 Å². The van der Waals surface area contributed by atoms with Crippen LogP contribution in [0.25, 0.3) is 5.78 Å². The first-order valence-corrected chi connectivity index (χ1v) is 6.63. The molecule has 0 saturated heterocycles. The molecule has 0 aliphatic heterocycles. The average Bonchev–Trinajstić information content (AvgIpc) is 2.91. The highest BCUT2D eigenvalue weighted by atomic mass is 15.2. The molecule has 0 aliphatic rings. The van der Waals surface area contributed by atoms with Crippen molar-refractivity contribution < 1.29 is 0 Å². The van der Waals surface area contributed by atoms with E-state index < -0.39 is 0 Å². The van der Waals surface area contributed by atoms with Crippen molar-refractivity contribution in [2.45, 2.75) is 19.5 Å². The molecule has 0 aliphatic carbocycles. The molecule has 0 amide bonds. The van der Waals surface area contributed by atoms with E-state index in [2.05, 4.69) is 39.9 Å². The highest BCUT2D eigenvalue weighted by Crippen LogP contribution is 2.19. The van der Waals surface area contributed by atoms with Gasteiger partial charge in [-0.05, 0) is 31.7 Å². The SMILES string of the molecule is CC(c1cccnc1)N(C)Cc1cnc2ncccn12. The summed E-state index contributed by atoms with van der Waals surface area (Å²) in [7, 11) is 2.10. The van der Waals surface area contributed by atoms with Crippen molar-refractivity contribution in [2.24, 2.45) is 0 Å². The Labute approximate surface area is 117 Å². The van der Waals surface area contributed by atoms with E-state index in [1.807, 2.05) is 35.1 Å². The van der Waals surface area contributed by atoms with Crippen LogP contribution in [0.4, 0.5) is 0 Å². The minimum Gasteiger partial charge on any atom is -0.294 e. The van der Waals surface area contributed by atoms with Crippen molar-refractivity contribution in [1.82, 2.24) is 24.3 Å². The topological polar surface area (TPSA) is 46.3 Å². The molecule has 0 spiro atoms. The molecule has 3 aromatic rings. The summed E-state index contributed by atoms with van der Waals surface area (Å²) in [5.74, 6) is 0.741. The second kappa shape index (κ2) is 5.38. The van der Waals surface area contributed by atoms with Gasteiger partial charge in [-0.15, -0.1) is 0 Å². The molecular formula is C15H17N5. The number of nitrogens with zero attached hydrogens (tertiary/aromatic N) is 5. The van der Waals surface area contributed by atoms with E-state index in [4.69, 9.17) is 0 Å². The smallest absolute Gasteiger partial charge is 0.233 e. The Hall–Kier alpha value is -2.27. The second-order valence-corrected chi connectivity index (χ2v) is 4.92. The van der Waals surface area contributed by atoms with Crippen LogP contribution in [-0.2, 0) is 6.54 Å². The Morgan fingerprint density at radius 2 is 2.10 bits per heavy atom. The molecular weight excluding hydrogens is 250 g/mol. The van der Waals surface area contributed by atoms with Gasteiger partial charge in [0.15, 0.2) is 0 Å². The summed E-state index contributed by atoms with van der Waals surface area (Å²) in [5.41, 5.74) is 2.34. The predicted molar refractivity (Wildman–Crippen MR) is 77.1 cm³/mol. The largest absolute Gasteiger partial charge is 0.294 e. The summed E-state index contributed by atoms with van der Waals surface area (Å²) < 4.78 is 2.02. The molecule has 0 bridgehead atoms. The van der Waals surface area contributed by atoms with Crippen LogP contribution < -0.4 is 0 Å². The van der Waals surface area contributed by atoms with Gasteiger partial charge in [0.05, 0.1) is 11.9 Å². The standard InChI is InChI=1S/C15H17N5/c1-12(13-5-3-6-16-9-13)19(2)11-14-10-18-15-17-7-4-8-20(14)15/h3-10,12H,11H2,1-2H3. The van der Waals surface area contributed by atoms with Crippen molar-refractivity contribution in [2.75, 3.05) is 7.05 Å². The number of imidazole rings is 1. The third-order valence-electron chi connectivity index (χ3n) is 3.60. The molecule has 0 aromatic carbocycles. The minimum atomic E-state index is 0.297. The predicted octanol–water partition coefficient (Wildman–Crippen LogP) is 2.32. The lowest BCUT2D eigenvalue weighted by molar-refractivity contribution is 0.249. The first-order chi connectivity index (χ1) is 9.75. The zero-order valence-corrected chi connectivity index (χ0v) is 11.6. The van der Waals surface area contributed by atoms with Gasteiger partial charge >= 0.3 is 0 Å². The highest BCUT2D eigenvalue weighted by Gasteiger charge is 2.14. The summed E-state index contributed by atoms with van der Waals surface area (Å²) in [4.78, 5) is 15.0. The molecule has 3 heterocycles. The maximum Gasteiger partial charge on any atom is 0.233 e. The fourth-order valence-electron chi connectivity index (χ4n) is 2.26. The van der Waals surface area contributed by atoms with Crippen LogP contribution in [-0.4, -0.2) is 31.3 Å². The van der Waals surface area contributed by atoms with E-state index in [1.165, 1.54) is 5.56 Å². The molecule has 3 aromatic heterocycles. The van der Waals surface area contributed by atoms with Crippen molar-refractivity contribution in [1.29, 1.82) is 0 Å². The van der Waals surface area contributed by atoms with Crippen LogP contribution in [0, 0.1) is 0 Å². The molecule has 1 unspecified atom stereocenters. The van der Waals surface area contributed by atoms with E-state index in [-0.39, 0.29) is 0 Å². The van der Waals surface area contributed by atoms with Crippen LogP contribution in [0.1, 0.15) is 24.2 Å². The van der Waals surface area contributed by atoms with Gasteiger partial charge < -0.3 is 0 Å². The quantitative estimate of drug-likeness (QED) is 0.728. The van der Waals surface area contributed by atoms with Crippen LogP contribution >= 0.6 is 0 Å². The van der Waals surface area contributed by atoms with E-state index in [0.29, 0.717) is 6.04 Å². The van der Waals surface area contributed by atoms with Gasteiger partial charge in [0.1, 0.15) is 0 Å². The second-order valence-electron chi connectivity index (χ2n) is 4.92. The number of fused-ring (bicyclic) bond motifs is 1. The summed E-state index contributed by atoms with van der Waals surface area (Å²) >= 11 is 0. The monoisotopic (exact) mass is 267 g/mol. The molecule has 0 saturated carbocycles. The van der Waals surface area contributed by atoms with E-state index >= 15 is 0 Å². The minimum absolute atomic E-state index is 0.297.